The van der Waals surface area contributed by atoms with Crippen molar-refractivity contribution in [1.82, 2.24) is 9.55 Å². The number of imidazole rings is 1. The van der Waals surface area contributed by atoms with Gasteiger partial charge in [-0.1, -0.05) is 0 Å². The molecule has 2 nitrogen and oxygen atoms in total. The Kier molecular flexibility index (Phi) is 4.91. The summed E-state index contributed by atoms with van der Waals surface area (Å²) in [5.41, 5.74) is 0.656. The topological polar surface area (TPSA) is 17.8 Å². The fourth-order valence-electron chi connectivity index (χ4n) is 2.30. The minimum absolute atomic E-state index is 0.0878. The molecular formula is C14H17ClF2N2S. The van der Waals surface area contributed by atoms with E-state index in [1.807, 2.05) is 17.7 Å². The van der Waals surface area contributed by atoms with Crippen LogP contribution in [0.3, 0.4) is 0 Å². The maximum Gasteiger partial charge on any atom is 0.153 e. The van der Waals surface area contributed by atoms with Gasteiger partial charge in [-0.3, -0.25) is 0 Å². The van der Waals surface area contributed by atoms with Crippen molar-refractivity contribution in [3.05, 3.63) is 29.6 Å². The standard InChI is InChI=1S/C14H17ClF2N2S/c1-8(4-5-20-3)19-12-7-10(16)6-11(17)13(12)18-14(19)9(2)15/h6-9H,4-5H2,1-3H3. The summed E-state index contributed by atoms with van der Waals surface area (Å²) in [6.45, 7) is 3.80. The van der Waals surface area contributed by atoms with Crippen LogP contribution in [0.25, 0.3) is 11.0 Å². The van der Waals surface area contributed by atoms with Crippen LogP contribution in [0.5, 0.6) is 0 Å². The predicted octanol–water partition coefficient (Wildman–Crippen LogP) is 4.93. The average molecular weight is 319 g/mol. The third kappa shape index (κ3) is 2.93. The Morgan fingerprint density at radius 3 is 2.65 bits per heavy atom. The first-order valence-electron chi connectivity index (χ1n) is 6.45. The van der Waals surface area contributed by atoms with E-state index >= 15 is 0 Å². The summed E-state index contributed by atoms with van der Waals surface area (Å²) < 4.78 is 29.2. The molecule has 0 saturated carbocycles. The van der Waals surface area contributed by atoms with Crippen LogP contribution in [0.1, 0.15) is 37.5 Å². The number of nitrogens with zero attached hydrogens (tertiary/aromatic N) is 2. The third-order valence-corrected chi connectivity index (χ3v) is 4.12. The zero-order valence-electron chi connectivity index (χ0n) is 11.7. The second-order valence-electron chi connectivity index (χ2n) is 4.84. The molecule has 2 unspecified atom stereocenters. The molecule has 1 aromatic heterocycles. The van der Waals surface area contributed by atoms with Crippen molar-refractivity contribution in [2.45, 2.75) is 31.7 Å². The molecule has 6 heteroatoms. The van der Waals surface area contributed by atoms with Gasteiger partial charge in [-0.05, 0) is 38.3 Å². The van der Waals surface area contributed by atoms with Crippen molar-refractivity contribution in [3.63, 3.8) is 0 Å². The Morgan fingerprint density at radius 2 is 2.05 bits per heavy atom. The number of thioether (sulfide) groups is 1. The smallest absolute Gasteiger partial charge is 0.153 e. The lowest BCUT2D eigenvalue weighted by Gasteiger charge is -2.18. The molecule has 2 aromatic rings. The lowest BCUT2D eigenvalue weighted by molar-refractivity contribution is 0.524. The zero-order valence-corrected chi connectivity index (χ0v) is 13.2. The molecular weight excluding hydrogens is 302 g/mol. The molecule has 2 rings (SSSR count). The minimum Gasteiger partial charge on any atom is -0.324 e. The molecule has 0 saturated heterocycles. The summed E-state index contributed by atoms with van der Waals surface area (Å²) in [6, 6.07) is 2.27. The number of halogens is 3. The van der Waals surface area contributed by atoms with Crippen LogP contribution in [0.4, 0.5) is 8.78 Å². The Balaban J connectivity index is 2.62. The number of alkyl halides is 1. The molecule has 0 aliphatic heterocycles. The van der Waals surface area contributed by atoms with E-state index in [-0.39, 0.29) is 16.9 Å². The van der Waals surface area contributed by atoms with Crippen molar-refractivity contribution in [3.8, 4) is 0 Å². The van der Waals surface area contributed by atoms with Crippen molar-refractivity contribution in [2.24, 2.45) is 0 Å². The molecule has 20 heavy (non-hydrogen) atoms. The second-order valence-corrected chi connectivity index (χ2v) is 6.48. The first-order chi connectivity index (χ1) is 9.45. The van der Waals surface area contributed by atoms with Crippen LogP contribution >= 0.6 is 23.4 Å². The summed E-state index contributed by atoms with van der Waals surface area (Å²) >= 11 is 7.88. The Labute approximate surface area is 126 Å². The van der Waals surface area contributed by atoms with E-state index in [4.69, 9.17) is 11.6 Å². The molecule has 0 spiro atoms. The molecule has 2 atom stereocenters. The zero-order chi connectivity index (χ0) is 14.9. The van der Waals surface area contributed by atoms with Crippen molar-refractivity contribution >= 4 is 34.4 Å². The highest BCUT2D eigenvalue weighted by Gasteiger charge is 2.21. The van der Waals surface area contributed by atoms with Gasteiger partial charge in [0.1, 0.15) is 17.2 Å². The number of benzene rings is 1. The van der Waals surface area contributed by atoms with Gasteiger partial charge in [0.25, 0.3) is 0 Å². The van der Waals surface area contributed by atoms with Gasteiger partial charge in [-0.2, -0.15) is 11.8 Å². The van der Waals surface area contributed by atoms with Gasteiger partial charge in [-0.15, -0.1) is 11.6 Å². The maximum atomic E-state index is 13.9. The molecule has 0 radical (unpaired) electrons. The summed E-state index contributed by atoms with van der Waals surface area (Å²) in [5.74, 6) is 0.311. The number of rotatable bonds is 5. The highest BCUT2D eigenvalue weighted by atomic mass is 35.5. The van der Waals surface area contributed by atoms with Gasteiger partial charge in [0.05, 0.1) is 10.9 Å². The van der Waals surface area contributed by atoms with E-state index in [1.165, 1.54) is 6.07 Å². The first kappa shape index (κ1) is 15.6. The second kappa shape index (κ2) is 6.31. The highest BCUT2D eigenvalue weighted by Crippen LogP contribution is 2.31. The van der Waals surface area contributed by atoms with E-state index in [1.54, 1.807) is 18.7 Å². The molecule has 0 fully saturated rings. The van der Waals surface area contributed by atoms with E-state index in [2.05, 4.69) is 4.98 Å². The van der Waals surface area contributed by atoms with Crippen LogP contribution in [-0.2, 0) is 0 Å². The summed E-state index contributed by atoms with van der Waals surface area (Å²) in [7, 11) is 0. The van der Waals surface area contributed by atoms with Crippen LogP contribution in [-0.4, -0.2) is 21.6 Å². The number of aromatic nitrogens is 2. The van der Waals surface area contributed by atoms with Crippen LogP contribution in [0.15, 0.2) is 12.1 Å². The van der Waals surface area contributed by atoms with Crippen LogP contribution < -0.4 is 0 Å². The van der Waals surface area contributed by atoms with Crippen LogP contribution in [0.2, 0.25) is 0 Å². The summed E-state index contributed by atoms with van der Waals surface area (Å²) in [4.78, 5) is 4.26. The number of hydrogen-bond acceptors (Lipinski definition) is 2. The SMILES string of the molecule is CSCCC(C)n1c(C(C)Cl)nc2c(F)cc(F)cc21. The minimum atomic E-state index is -0.644. The molecule has 1 heterocycles. The number of hydrogen-bond donors (Lipinski definition) is 0. The fraction of sp³-hybridized carbons (Fsp3) is 0.500. The van der Waals surface area contributed by atoms with E-state index in [9.17, 15) is 8.78 Å². The largest absolute Gasteiger partial charge is 0.324 e. The van der Waals surface area contributed by atoms with Crippen LogP contribution in [0, 0.1) is 11.6 Å². The van der Waals surface area contributed by atoms with Gasteiger partial charge in [0, 0.05) is 12.1 Å². The monoisotopic (exact) mass is 318 g/mol. The van der Waals surface area contributed by atoms with E-state index in [0.717, 1.165) is 18.2 Å². The maximum absolute atomic E-state index is 13.9. The van der Waals surface area contributed by atoms with Gasteiger partial charge in [-0.25, -0.2) is 13.8 Å². The lowest BCUT2D eigenvalue weighted by atomic mass is 10.2. The Bertz CT molecular complexity index is 613. The first-order valence-corrected chi connectivity index (χ1v) is 8.28. The Morgan fingerprint density at radius 1 is 1.35 bits per heavy atom. The van der Waals surface area contributed by atoms with Gasteiger partial charge >= 0.3 is 0 Å². The van der Waals surface area contributed by atoms with E-state index in [0.29, 0.717) is 11.3 Å². The normalized spacial score (nSPS) is 14.7. The number of fused-ring (bicyclic) bond motifs is 1. The molecule has 1 aromatic carbocycles. The average Bonchev–Trinajstić information content (AvgIpc) is 2.75. The van der Waals surface area contributed by atoms with E-state index < -0.39 is 11.6 Å². The highest BCUT2D eigenvalue weighted by molar-refractivity contribution is 7.98. The summed E-state index contributed by atoms with van der Waals surface area (Å²) in [6.07, 6.45) is 2.92. The molecule has 0 aliphatic carbocycles. The molecule has 0 N–H and O–H groups in total. The molecule has 110 valence electrons. The fourth-order valence-corrected chi connectivity index (χ4v) is 3.03. The summed E-state index contributed by atoms with van der Waals surface area (Å²) in [5, 5.41) is -0.360. The van der Waals surface area contributed by atoms with Crippen molar-refractivity contribution in [1.29, 1.82) is 0 Å². The molecule has 0 aliphatic rings. The lowest BCUT2D eigenvalue weighted by Crippen LogP contribution is -2.11. The van der Waals surface area contributed by atoms with Crippen molar-refractivity contribution in [2.75, 3.05) is 12.0 Å². The van der Waals surface area contributed by atoms with Gasteiger partial charge in [0.15, 0.2) is 5.82 Å². The molecule has 0 bridgehead atoms. The quantitative estimate of drug-likeness (QED) is 0.728. The van der Waals surface area contributed by atoms with Crippen molar-refractivity contribution < 1.29 is 8.78 Å². The Hall–Kier alpha value is -0.810. The third-order valence-electron chi connectivity index (χ3n) is 3.28. The van der Waals surface area contributed by atoms with Gasteiger partial charge < -0.3 is 4.57 Å². The predicted molar refractivity (Wildman–Crippen MR) is 81.6 cm³/mol. The van der Waals surface area contributed by atoms with Gasteiger partial charge in [0.2, 0.25) is 0 Å². The molecule has 0 amide bonds.